The van der Waals surface area contributed by atoms with Crippen LogP contribution < -0.4 is 0 Å². The third-order valence-electron chi connectivity index (χ3n) is 4.99. The Balaban J connectivity index is 1.74. The van der Waals surface area contributed by atoms with Crippen molar-refractivity contribution >= 4 is 0 Å². The summed E-state index contributed by atoms with van der Waals surface area (Å²) in [5.74, 6) is 1.03. The Morgan fingerprint density at radius 3 is 2.00 bits per heavy atom. The van der Waals surface area contributed by atoms with Crippen molar-refractivity contribution in [3.63, 3.8) is 0 Å². The molecule has 1 aliphatic heterocycles. The minimum Gasteiger partial charge on any atom is -0.298 e. The molecule has 2 rings (SSSR count). The molecule has 2 aliphatic rings. The molecule has 2 heteroatoms. The summed E-state index contributed by atoms with van der Waals surface area (Å²) < 4.78 is 0. The first-order chi connectivity index (χ1) is 8.20. The van der Waals surface area contributed by atoms with Crippen molar-refractivity contribution in [1.82, 2.24) is 9.80 Å². The molecule has 1 saturated heterocycles. The molecule has 0 radical (unpaired) electrons. The summed E-state index contributed by atoms with van der Waals surface area (Å²) in [4.78, 5) is 5.39. The van der Waals surface area contributed by atoms with Gasteiger partial charge in [-0.3, -0.25) is 9.80 Å². The number of rotatable bonds is 3. The zero-order valence-electron chi connectivity index (χ0n) is 12.0. The molecule has 0 atom stereocenters. The Bertz CT molecular complexity index is 211. The van der Waals surface area contributed by atoms with E-state index in [1.807, 2.05) is 0 Å². The summed E-state index contributed by atoms with van der Waals surface area (Å²) in [6.07, 6.45) is 7.27. The van der Waals surface area contributed by atoms with Gasteiger partial charge < -0.3 is 0 Å². The fourth-order valence-corrected chi connectivity index (χ4v) is 3.54. The molecular formula is C15H30N2. The van der Waals surface area contributed by atoms with Crippen LogP contribution in [-0.2, 0) is 0 Å². The van der Waals surface area contributed by atoms with Crippen LogP contribution in [0.4, 0.5) is 0 Å². The maximum atomic E-state index is 2.77. The number of piperazine rings is 1. The highest BCUT2D eigenvalue weighted by atomic mass is 15.3. The van der Waals surface area contributed by atoms with Gasteiger partial charge in [0.1, 0.15) is 0 Å². The summed E-state index contributed by atoms with van der Waals surface area (Å²) >= 11 is 0. The lowest BCUT2D eigenvalue weighted by molar-refractivity contribution is 0.0572. The van der Waals surface area contributed by atoms with Crippen LogP contribution in [0.15, 0.2) is 0 Å². The molecule has 0 aromatic heterocycles. The molecule has 0 N–H and O–H groups in total. The van der Waals surface area contributed by atoms with Crippen LogP contribution in [0, 0.1) is 5.92 Å². The van der Waals surface area contributed by atoms with E-state index in [2.05, 4.69) is 30.6 Å². The van der Waals surface area contributed by atoms with Crippen LogP contribution in [0.5, 0.6) is 0 Å². The molecule has 17 heavy (non-hydrogen) atoms. The van der Waals surface area contributed by atoms with E-state index in [1.54, 1.807) is 0 Å². The largest absolute Gasteiger partial charge is 0.298 e. The minimum atomic E-state index is 0.730. The van der Waals surface area contributed by atoms with Gasteiger partial charge in [0.15, 0.2) is 0 Å². The molecule has 1 aliphatic carbocycles. The van der Waals surface area contributed by atoms with Crippen LogP contribution in [0.2, 0.25) is 0 Å². The van der Waals surface area contributed by atoms with Crippen molar-refractivity contribution in [2.75, 3.05) is 26.2 Å². The van der Waals surface area contributed by atoms with Crippen LogP contribution in [0.1, 0.15) is 52.9 Å². The molecule has 0 aromatic rings. The maximum Gasteiger partial charge on any atom is 0.0113 e. The van der Waals surface area contributed by atoms with Crippen LogP contribution in [0.25, 0.3) is 0 Å². The predicted octanol–water partition coefficient (Wildman–Crippen LogP) is 2.98. The second kappa shape index (κ2) is 6.19. The van der Waals surface area contributed by atoms with E-state index in [0.717, 1.165) is 18.0 Å². The van der Waals surface area contributed by atoms with Gasteiger partial charge in [-0.1, -0.05) is 13.3 Å². The molecule has 1 saturated carbocycles. The van der Waals surface area contributed by atoms with E-state index in [1.165, 1.54) is 58.3 Å². The quantitative estimate of drug-likeness (QED) is 0.746. The summed E-state index contributed by atoms with van der Waals surface area (Å²) in [5, 5.41) is 0. The van der Waals surface area contributed by atoms with Crippen LogP contribution in [0.3, 0.4) is 0 Å². The highest BCUT2D eigenvalue weighted by Gasteiger charge is 2.28. The third kappa shape index (κ3) is 3.45. The lowest BCUT2D eigenvalue weighted by atomic mass is 9.84. The van der Waals surface area contributed by atoms with Gasteiger partial charge in [-0.2, -0.15) is 0 Å². The maximum absolute atomic E-state index is 2.77. The van der Waals surface area contributed by atoms with Crippen molar-refractivity contribution in [3.8, 4) is 0 Å². The first-order valence-electron chi connectivity index (χ1n) is 7.68. The second-order valence-electron chi connectivity index (χ2n) is 6.25. The number of hydrogen-bond acceptors (Lipinski definition) is 2. The van der Waals surface area contributed by atoms with Gasteiger partial charge >= 0.3 is 0 Å². The van der Waals surface area contributed by atoms with E-state index in [0.29, 0.717) is 0 Å². The third-order valence-corrected chi connectivity index (χ3v) is 4.99. The van der Waals surface area contributed by atoms with Crippen molar-refractivity contribution in [2.24, 2.45) is 5.92 Å². The summed E-state index contributed by atoms with van der Waals surface area (Å²) in [5.41, 5.74) is 0. The zero-order valence-corrected chi connectivity index (χ0v) is 12.0. The average molecular weight is 238 g/mol. The predicted molar refractivity (Wildman–Crippen MR) is 74.3 cm³/mol. The number of hydrogen-bond donors (Lipinski definition) is 0. The molecule has 1 heterocycles. The summed E-state index contributed by atoms with van der Waals surface area (Å²) in [6.45, 7) is 12.2. The number of nitrogens with zero attached hydrogens (tertiary/aromatic N) is 2. The van der Waals surface area contributed by atoms with Gasteiger partial charge in [0.2, 0.25) is 0 Å². The lowest BCUT2D eigenvalue weighted by Gasteiger charge is -2.43. The Kier molecular flexibility index (Phi) is 4.87. The fourth-order valence-electron chi connectivity index (χ4n) is 3.54. The van der Waals surface area contributed by atoms with E-state index in [9.17, 15) is 0 Å². The van der Waals surface area contributed by atoms with Crippen LogP contribution >= 0.6 is 0 Å². The SMILES string of the molecule is CCC1CCC(N2CCN(C(C)C)CC2)CC1. The standard InChI is InChI=1S/C15H30N2/c1-4-14-5-7-15(8-6-14)17-11-9-16(10-12-17)13(2)3/h13-15H,4-12H2,1-3H3. The van der Waals surface area contributed by atoms with Gasteiger partial charge in [0.25, 0.3) is 0 Å². The molecule has 0 aromatic carbocycles. The summed E-state index contributed by atoms with van der Waals surface area (Å²) in [7, 11) is 0. The minimum absolute atomic E-state index is 0.730. The Morgan fingerprint density at radius 1 is 0.941 bits per heavy atom. The summed E-state index contributed by atoms with van der Waals surface area (Å²) in [6, 6.07) is 1.64. The van der Waals surface area contributed by atoms with Crippen molar-refractivity contribution in [1.29, 1.82) is 0 Å². The van der Waals surface area contributed by atoms with Gasteiger partial charge in [0.05, 0.1) is 0 Å². The molecule has 2 nitrogen and oxygen atoms in total. The van der Waals surface area contributed by atoms with Gasteiger partial charge in [-0.15, -0.1) is 0 Å². The normalized spacial score (nSPS) is 33.2. The average Bonchev–Trinajstić information content (AvgIpc) is 2.39. The molecule has 0 unspecified atom stereocenters. The van der Waals surface area contributed by atoms with Crippen molar-refractivity contribution in [3.05, 3.63) is 0 Å². The van der Waals surface area contributed by atoms with Crippen molar-refractivity contribution < 1.29 is 0 Å². The van der Waals surface area contributed by atoms with E-state index < -0.39 is 0 Å². The van der Waals surface area contributed by atoms with E-state index >= 15 is 0 Å². The molecule has 100 valence electrons. The van der Waals surface area contributed by atoms with Gasteiger partial charge in [0, 0.05) is 38.3 Å². The van der Waals surface area contributed by atoms with E-state index in [-0.39, 0.29) is 0 Å². The van der Waals surface area contributed by atoms with Crippen molar-refractivity contribution in [2.45, 2.75) is 65.0 Å². The van der Waals surface area contributed by atoms with E-state index in [4.69, 9.17) is 0 Å². The molecule has 2 fully saturated rings. The zero-order chi connectivity index (χ0) is 12.3. The topological polar surface area (TPSA) is 6.48 Å². The monoisotopic (exact) mass is 238 g/mol. The fraction of sp³-hybridized carbons (Fsp3) is 1.00. The molecule has 0 amide bonds. The Labute approximate surface area is 107 Å². The second-order valence-corrected chi connectivity index (χ2v) is 6.25. The van der Waals surface area contributed by atoms with Crippen LogP contribution in [-0.4, -0.2) is 48.1 Å². The molecular weight excluding hydrogens is 208 g/mol. The van der Waals surface area contributed by atoms with Gasteiger partial charge in [-0.25, -0.2) is 0 Å². The molecule has 0 bridgehead atoms. The van der Waals surface area contributed by atoms with Gasteiger partial charge in [-0.05, 0) is 45.4 Å². The first kappa shape index (κ1) is 13.4. The Hall–Kier alpha value is -0.0800. The highest BCUT2D eigenvalue weighted by Crippen LogP contribution is 2.29. The molecule has 0 spiro atoms. The smallest absolute Gasteiger partial charge is 0.0113 e. The lowest BCUT2D eigenvalue weighted by Crippen LogP contribution is -2.52. The highest BCUT2D eigenvalue weighted by molar-refractivity contribution is 4.83. The Morgan fingerprint density at radius 2 is 1.53 bits per heavy atom. The first-order valence-corrected chi connectivity index (χ1v) is 7.68.